The Morgan fingerprint density at radius 2 is 2.29 bits per heavy atom. The van der Waals surface area contributed by atoms with Crippen molar-refractivity contribution in [2.24, 2.45) is 0 Å². The highest BCUT2D eigenvalue weighted by atomic mass is 35.5. The lowest BCUT2D eigenvalue weighted by molar-refractivity contribution is 0.0845. The maximum Gasteiger partial charge on any atom is 0.225 e. The number of nitrogens with zero attached hydrogens (tertiary/aromatic N) is 3. The maximum absolute atomic E-state index is 9.03. The van der Waals surface area contributed by atoms with E-state index in [9.17, 15) is 0 Å². The average molecular weight is 278 g/mol. The van der Waals surface area contributed by atoms with E-state index in [1.54, 1.807) is 6.07 Å². The van der Waals surface area contributed by atoms with E-state index in [0.717, 1.165) is 0 Å². The van der Waals surface area contributed by atoms with Gasteiger partial charge in [0, 0.05) is 19.2 Å². The molecule has 1 aliphatic rings. The van der Waals surface area contributed by atoms with E-state index in [0.29, 0.717) is 37.2 Å². The fourth-order valence-electron chi connectivity index (χ4n) is 1.87. The van der Waals surface area contributed by atoms with E-state index in [2.05, 4.69) is 9.97 Å². The molecule has 1 fully saturated rings. The molecule has 0 aliphatic carbocycles. The lowest BCUT2D eigenvalue weighted by Crippen LogP contribution is -2.46. The van der Waals surface area contributed by atoms with Gasteiger partial charge in [-0.25, -0.2) is 9.97 Å². The van der Waals surface area contributed by atoms with Crippen molar-refractivity contribution in [1.82, 2.24) is 9.97 Å². The summed E-state index contributed by atoms with van der Waals surface area (Å²) in [7, 11) is 0. The summed E-state index contributed by atoms with van der Waals surface area (Å²) in [6.07, 6.45) is 0.624. The number of rotatable bonds is 3. The molecular weight excluding hydrogens is 265 g/mol. The van der Waals surface area contributed by atoms with Gasteiger partial charge in [-0.2, -0.15) is 0 Å². The van der Waals surface area contributed by atoms with Crippen LogP contribution >= 0.6 is 23.2 Å². The molecule has 0 aromatic carbocycles. The van der Waals surface area contributed by atoms with Gasteiger partial charge in [0.1, 0.15) is 11.0 Å². The molecule has 0 radical (unpaired) electrons. The van der Waals surface area contributed by atoms with Crippen LogP contribution in [0.1, 0.15) is 6.42 Å². The van der Waals surface area contributed by atoms with Crippen LogP contribution in [0.15, 0.2) is 6.07 Å². The molecule has 1 aliphatic heterocycles. The quantitative estimate of drug-likeness (QED) is 0.668. The average Bonchev–Trinajstić information content (AvgIpc) is 2.29. The number of anilines is 1. The molecule has 1 atom stereocenters. The minimum absolute atomic E-state index is 0.0933. The van der Waals surface area contributed by atoms with Crippen molar-refractivity contribution in [3.63, 3.8) is 0 Å². The number of morpholine rings is 1. The van der Waals surface area contributed by atoms with Crippen LogP contribution in [0.5, 0.6) is 0 Å². The second-order valence-corrected chi connectivity index (χ2v) is 4.48. The van der Waals surface area contributed by atoms with Crippen molar-refractivity contribution < 1.29 is 9.84 Å². The molecule has 7 heteroatoms. The first-order valence-electron chi connectivity index (χ1n) is 5.36. The van der Waals surface area contributed by atoms with Crippen LogP contribution in [0.25, 0.3) is 0 Å². The fourth-order valence-corrected chi connectivity index (χ4v) is 2.27. The van der Waals surface area contributed by atoms with Gasteiger partial charge in [0.05, 0.1) is 19.3 Å². The fraction of sp³-hybridized carbons (Fsp3) is 0.600. The molecule has 0 saturated carbocycles. The Bertz CT molecular complexity index is 370. The van der Waals surface area contributed by atoms with Gasteiger partial charge in [-0.3, -0.25) is 0 Å². The highest BCUT2D eigenvalue weighted by Gasteiger charge is 2.24. The van der Waals surface area contributed by atoms with Crippen LogP contribution in [0.4, 0.5) is 5.82 Å². The predicted octanol–water partition coefficient (Wildman–Crippen LogP) is 1.37. The lowest BCUT2D eigenvalue weighted by atomic mass is 10.1. The zero-order valence-corrected chi connectivity index (χ0v) is 10.7. The Morgan fingerprint density at radius 1 is 1.47 bits per heavy atom. The highest BCUT2D eigenvalue weighted by Crippen LogP contribution is 2.23. The van der Waals surface area contributed by atoms with Gasteiger partial charge in [0.15, 0.2) is 0 Å². The number of aromatic nitrogens is 2. The van der Waals surface area contributed by atoms with E-state index in [4.69, 9.17) is 33.0 Å². The Kier molecular flexibility index (Phi) is 4.39. The third-order valence-electron chi connectivity index (χ3n) is 2.64. The predicted molar refractivity (Wildman–Crippen MR) is 65.7 cm³/mol. The monoisotopic (exact) mass is 277 g/mol. The third kappa shape index (κ3) is 3.19. The minimum Gasteiger partial charge on any atom is -0.396 e. The van der Waals surface area contributed by atoms with Crippen molar-refractivity contribution >= 4 is 29.0 Å². The molecule has 1 aromatic rings. The zero-order chi connectivity index (χ0) is 12.3. The Hall–Kier alpha value is -0.620. The summed E-state index contributed by atoms with van der Waals surface area (Å²) in [4.78, 5) is 10.0. The van der Waals surface area contributed by atoms with Crippen LogP contribution in [-0.2, 0) is 4.74 Å². The van der Waals surface area contributed by atoms with Gasteiger partial charge in [0.25, 0.3) is 0 Å². The molecule has 1 aromatic heterocycles. The van der Waals surface area contributed by atoms with E-state index in [1.165, 1.54) is 0 Å². The van der Waals surface area contributed by atoms with Crippen molar-refractivity contribution in [3.05, 3.63) is 16.5 Å². The maximum atomic E-state index is 9.03. The van der Waals surface area contributed by atoms with Crippen molar-refractivity contribution in [2.75, 3.05) is 31.3 Å². The minimum atomic E-state index is 0.0933. The summed E-state index contributed by atoms with van der Waals surface area (Å²) in [6, 6.07) is 1.76. The molecule has 0 amide bonds. The van der Waals surface area contributed by atoms with Crippen LogP contribution in [0.2, 0.25) is 10.4 Å². The van der Waals surface area contributed by atoms with Gasteiger partial charge in [-0.1, -0.05) is 11.6 Å². The molecule has 94 valence electrons. The molecule has 1 N–H and O–H groups in total. The van der Waals surface area contributed by atoms with Crippen LogP contribution < -0.4 is 4.90 Å². The topological polar surface area (TPSA) is 58.5 Å². The number of aliphatic hydroxyl groups is 1. The third-order valence-corrected chi connectivity index (χ3v) is 3.00. The Balaban J connectivity index is 2.22. The van der Waals surface area contributed by atoms with Crippen LogP contribution in [0, 0.1) is 0 Å². The first kappa shape index (κ1) is 12.8. The van der Waals surface area contributed by atoms with E-state index in [1.807, 2.05) is 4.90 Å². The zero-order valence-electron chi connectivity index (χ0n) is 9.14. The molecule has 1 saturated heterocycles. The van der Waals surface area contributed by atoms with Crippen molar-refractivity contribution in [3.8, 4) is 0 Å². The normalized spacial score (nSPS) is 20.6. The van der Waals surface area contributed by atoms with Gasteiger partial charge in [-0.15, -0.1) is 0 Å². The number of hydrogen-bond acceptors (Lipinski definition) is 5. The number of aliphatic hydroxyl groups excluding tert-OH is 1. The van der Waals surface area contributed by atoms with Crippen LogP contribution in [-0.4, -0.2) is 47.5 Å². The van der Waals surface area contributed by atoms with Gasteiger partial charge >= 0.3 is 0 Å². The van der Waals surface area contributed by atoms with Gasteiger partial charge in [0.2, 0.25) is 5.28 Å². The van der Waals surface area contributed by atoms with E-state index in [-0.39, 0.29) is 17.9 Å². The highest BCUT2D eigenvalue weighted by molar-refractivity contribution is 6.32. The van der Waals surface area contributed by atoms with Crippen LogP contribution in [0.3, 0.4) is 0 Å². The second kappa shape index (κ2) is 5.82. The Labute approximate surface area is 109 Å². The van der Waals surface area contributed by atoms with E-state index < -0.39 is 0 Å². The largest absolute Gasteiger partial charge is 0.396 e. The number of ether oxygens (including phenoxy) is 1. The summed E-state index contributed by atoms with van der Waals surface area (Å²) in [6.45, 7) is 2.01. The number of hydrogen-bond donors (Lipinski definition) is 1. The first-order valence-corrected chi connectivity index (χ1v) is 6.11. The van der Waals surface area contributed by atoms with Crippen molar-refractivity contribution in [2.45, 2.75) is 12.5 Å². The first-order chi connectivity index (χ1) is 8.20. The van der Waals surface area contributed by atoms with E-state index >= 15 is 0 Å². The molecule has 17 heavy (non-hydrogen) atoms. The molecule has 0 bridgehead atoms. The molecule has 5 nitrogen and oxygen atoms in total. The molecule has 0 spiro atoms. The summed E-state index contributed by atoms with van der Waals surface area (Å²) in [5.41, 5.74) is 0. The molecule has 2 heterocycles. The Morgan fingerprint density at radius 3 is 3.00 bits per heavy atom. The molecule has 2 rings (SSSR count). The summed E-state index contributed by atoms with van der Waals surface area (Å²) in [5.74, 6) is 0.678. The number of halogens is 2. The lowest BCUT2D eigenvalue weighted by Gasteiger charge is -2.36. The van der Waals surface area contributed by atoms with Gasteiger partial charge in [-0.05, 0) is 18.0 Å². The summed E-state index contributed by atoms with van der Waals surface area (Å²) in [5, 5.41) is 9.47. The molecule has 0 unspecified atom stereocenters. The summed E-state index contributed by atoms with van der Waals surface area (Å²) < 4.78 is 5.38. The van der Waals surface area contributed by atoms with Crippen molar-refractivity contribution in [1.29, 1.82) is 0 Å². The SMILES string of the molecule is OCC[C@H]1COCCN1c1cc(Cl)nc(Cl)n1. The second-order valence-electron chi connectivity index (χ2n) is 3.75. The van der Waals surface area contributed by atoms with Gasteiger partial charge < -0.3 is 14.7 Å². The summed E-state index contributed by atoms with van der Waals surface area (Å²) >= 11 is 11.6. The standard InChI is InChI=1S/C10H13Cl2N3O2/c11-8-5-9(14-10(12)13-8)15-2-4-17-6-7(15)1-3-16/h5,7,16H,1-4,6H2/t7-/m0/s1. The molecular formula is C10H13Cl2N3O2. The smallest absolute Gasteiger partial charge is 0.225 e.